The SMILES string of the molecule is CC(C)CCNC(=O)NC(=O)COC(=O)[C@@H]1CC(=O)N(Cc2ccccc2Cl)C1. The van der Waals surface area contributed by atoms with Crippen LogP contribution in [-0.4, -0.2) is 48.4 Å². The molecule has 29 heavy (non-hydrogen) atoms. The molecule has 2 rings (SSSR count). The zero-order chi connectivity index (χ0) is 21.4. The van der Waals surface area contributed by atoms with Gasteiger partial charge in [0.05, 0.1) is 5.92 Å². The molecule has 1 atom stereocenters. The quantitative estimate of drug-likeness (QED) is 0.623. The van der Waals surface area contributed by atoms with E-state index in [1.807, 2.05) is 26.0 Å². The number of hydrogen-bond donors (Lipinski definition) is 2. The molecule has 2 N–H and O–H groups in total. The van der Waals surface area contributed by atoms with Crippen LogP contribution in [0.2, 0.25) is 5.02 Å². The van der Waals surface area contributed by atoms with Gasteiger partial charge in [0.2, 0.25) is 5.91 Å². The molecule has 1 heterocycles. The predicted octanol–water partition coefficient (Wildman–Crippen LogP) is 2.10. The topological polar surface area (TPSA) is 105 Å². The van der Waals surface area contributed by atoms with Crippen molar-refractivity contribution < 1.29 is 23.9 Å². The number of urea groups is 1. The van der Waals surface area contributed by atoms with Crippen molar-refractivity contribution in [2.45, 2.75) is 33.2 Å². The normalized spacial score (nSPS) is 16.1. The molecule has 0 aromatic heterocycles. The number of nitrogens with zero attached hydrogens (tertiary/aromatic N) is 1. The third-order valence-corrected chi connectivity index (χ3v) is 4.84. The Morgan fingerprint density at radius 2 is 2.00 bits per heavy atom. The smallest absolute Gasteiger partial charge is 0.321 e. The van der Waals surface area contributed by atoms with Gasteiger partial charge in [-0.3, -0.25) is 19.7 Å². The average Bonchev–Trinajstić information content (AvgIpc) is 3.02. The van der Waals surface area contributed by atoms with E-state index in [-0.39, 0.29) is 18.9 Å². The van der Waals surface area contributed by atoms with Crippen molar-refractivity contribution in [3.8, 4) is 0 Å². The van der Waals surface area contributed by atoms with Gasteiger partial charge in [-0.1, -0.05) is 43.6 Å². The van der Waals surface area contributed by atoms with Gasteiger partial charge in [0.25, 0.3) is 5.91 Å². The lowest BCUT2D eigenvalue weighted by molar-refractivity contribution is -0.152. The fourth-order valence-electron chi connectivity index (χ4n) is 2.85. The lowest BCUT2D eigenvalue weighted by atomic mass is 10.1. The summed E-state index contributed by atoms with van der Waals surface area (Å²) < 4.78 is 4.97. The summed E-state index contributed by atoms with van der Waals surface area (Å²) >= 11 is 6.12. The molecule has 1 saturated heterocycles. The van der Waals surface area contributed by atoms with Gasteiger partial charge in [-0.15, -0.1) is 0 Å². The van der Waals surface area contributed by atoms with E-state index in [4.69, 9.17) is 16.3 Å². The first-order valence-electron chi connectivity index (χ1n) is 9.51. The Morgan fingerprint density at radius 1 is 1.28 bits per heavy atom. The summed E-state index contributed by atoms with van der Waals surface area (Å²) in [5, 5.41) is 5.20. The second-order valence-corrected chi connectivity index (χ2v) is 7.77. The first-order chi connectivity index (χ1) is 13.8. The van der Waals surface area contributed by atoms with E-state index in [0.717, 1.165) is 12.0 Å². The molecule has 158 valence electrons. The van der Waals surface area contributed by atoms with Crippen LogP contribution in [0.3, 0.4) is 0 Å². The van der Waals surface area contributed by atoms with Crippen LogP contribution in [-0.2, 0) is 25.7 Å². The first-order valence-corrected chi connectivity index (χ1v) is 9.89. The molecular weight excluding hydrogens is 398 g/mol. The maximum absolute atomic E-state index is 12.2. The Labute approximate surface area is 174 Å². The molecule has 0 spiro atoms. The van der Waals surface area contributed by atoms with E-state index in [9.17, 15) is 19.2 Å². The fourth-order valence-corrected chi connectivity index (χ4v) is 3.05. The molecule has 4 amide bonds. The van der Waals surface area contributed by atoms with Crippen LogP contribution < -0.4 is 10.6 Å². The fraction of sp³-hybridized carbons (Fsp3) is 0.500. The zero-order valence-electron chi connectivity index (χ0n) is 16.6. The van der Waals surface area contributed by atoms with E-state index in [1.165, 1.54) is 4.90 Å². The molecule has 8 nitrogen and oxygen atoms in total. The van der Waals surface area contributed by atoms with Crippen molar-refractivity contribution in [3.63, 3.8) is 0 Å². The van der Waals surface area contributed by atoms with Gasteiger partial charge in [0.1, 0.15) is 0 Å². The van der Waals surface area contributed by atoms with E-state index in [2.05, 4.69) is 10.6 Å². The van der Waals surface area contributed by atoms with Gasteiger partial charge >= 0.3 is 12.0 Å². The van der Waals surface area contributed by atoms with Crippen LogP contribution in [0.1, 0.15) is 32.3 Å². The van der Waals surface area contributed by atoms with E-state index in [1.54, 1.807) is 12.1 Å². The number of benzene rings is 1. The molecule has 0 bridgehead atoms. The summed E-state index contributed by atoms with van der Waals surface area (Å²) in [6.45, 7) is 4.41. The minimum atomic E-state index is -0.724. The largest absolute Gasteiger partial charge is 0.455 e. The Balaban J connectivity index is 1.74. The highest BCUT2D eigenvalue weighted by atomic mass is 35.5. The number of amides is 4. The van der Waals surface area contributed by atoms with Gasteiger partial charge in [-0.25, -0.2) is 4.79 Å². The molecule has 0 saturated carbocycles. The lowest BCUT2D eigenvalue weighted by Crippen LogP contribution is -2.42. The molecule has 9 heteroatoms. The third kappa shape index (κ3) is 7.38. The van der Waals surface area contributed by atoms with Crippen LogP contribution in [0.5, 0.6) is 0 Å². The van der Waals surface area contributed by atoms with Crippen LogP contribution in [0.4, 0.5) is 4.79 Å². The van der Waals surface area contributed by atoms with Gasteiger partial charge in [0, 0.05) is 31.1 Å². The molecule has 1 aromatic rings. The molecule has 1 fully saturated rings. The monoisotopic (exact) mass is 423 g/mol. The summed E-state index contributed by atoms with van der Waals surface area (Å²) in [7, 11) is 0. The number of likely N-dealkylation sites (tertiary alicyclic amines) is 1. The van der Waals surface area contributed by atoms with Crippen molar-refractivity contribution in [3.05, 3.63) is 34.9 Å². The van der Waals surface area contributed by atoms with E-state index >= 15 is 0 Å². The molecule has 1 aliphatic rings. The summed E-state index contributed by atoms with van der Waals surface area (Å²) in [6.07, 6.45) is 0.803. The highest BCUT2D eigenvalue weighted by Gasteiger charge is 2.35. The lowest BCUT2D eigenvalue weighted by Gasteiger charge is -2.17. The van der Waals surface area contributed by atoms with Crippen molar-refractivity contribution in [1.82, 2.24) is 15.5 Å². The number of ether oxygens (including phenoxy) is 1. The van der Waals surface area contributed by atoms with E-state index in [0.29, 0.717) is 24.0 Å². The van der Waals surface area contributed by atoms with E-state index < -0.39 is 30.4 Å². The number of nitrogens with one attached hydrogen (secondary N) is 2. The van der Waals surface area contributed by atoms with Crippen molar-refractivity contribution in [2.24, 2.45) is 11.8 Å². The standard InChI is InChI=1S/C20H26ClN3O5/c1-13(2)7-8-22-20(28)23-17(25)12-29-19(27)15-9-18(26)24(11-15)10-14-5-3-4-6-16(14)21/h3-6,13,15H,7-12H2,1-2H3,(H2,22,23,25,28)/t15-/m1/s1. The maximum Gasteiger partial charge on any atom is 0.321 e. The minimum Gasteiger partial charge on any atom is -0.455 e. The number of carbonyl (C=O) groups excluding carboxylic acids is 4. The van der Waals surface area contributed by atoms with Crippen LogP contribution in [0.25, 0.3) is 0 Å². The first kappa shape index (κ1) is 22.7. The Kier molecular flexibility index (Phi) is 8.45. The summed E-state index contributed by atoms with van der Waals surface area (Å²) in [6, 6.07) is 6.55. The maximum atomic E-state index is 12.2. The highest BCUT2D eigenvalue weighted by Crippen LogP contribution is 2.24. The van der Waals surface area contributed by atoms with Crippen molar-refractivity contribution >= 4 is 35.4 Å². The van der Waals surface area contributed by atoms with Crippen molar-refractivity contribution in [2.75, 3.05) is 19.7 Å². The summed E-state index contributed by atoms with van der Waals surface area (Å²) in [4.78, 5) is 49.2. The summed E-state index contributed by atoms with van der Waals surface area (Å²) in [5.41, 5.74) is 0.791. The second kappa shape index (κ2) is 10.8. The molecular formula is C20H26ClN3O5. The highest BCUT2D eigenvalue weighted by molar-refractivity contribution is 6.31. The van der Waals surface area contributed by atoms with Crippen molar-refractivity contribution in [1.29, 1.82) is 0 Å². The van der Waals surface area contributed by atoms with Crippen LogP contribution in [0, 0.1) is 11.8 Å². The molecule has 1 aromatic carbocycles. The second-order valence-electron chi connectivity index (χ2n) is 7.36. The predicted molar refractivity (Wildman–Crippen MR) is 107 cm³/mol. The van der Waals surface area contributed by atoms with Gasteiger partial charge in [-0.2, -0.15) is 0 Å². The number of hydrogen-bond acceptors (Lipinski definition) is 5. The molecule has 0 radical (unpaired) electrons. The Hall–Kier alpha value is -2.61. The number of imide groups is 1. The Bertz CT molecular complexity index is 768. The van der Waals surface area contributed by atoms with Gasteiger partial charge in [0.15, 0.2) is 6.61 Å². The number of carbonyl (C=O) groups is 4. The molecule has 1 aliphatic heterocycles. The average molecular weight is 424 g/mol. The zero-order valence-corrected chi connectivity index (χ0v) is 17.3. The third-order valence-electron chi connectivity index (χ3n) is 4.47. The molecule has 0 unspecified atom stereocenters. The van der Waals surface area contributed by atoms with Crippen LogP contribution in [0.15, 0.2) is 24.3 Å². The number of esters is 1. The minimum absolute atomic E-state index is 0.0145. The molecule has 0 aliphatic carbocycles. The van der Waals surface area contributed by atoms with Gasteiger partial charge < -0.3 is 15.0 Å². The van der Waals surface area contributed by atoms with Gasteiger partial charge in [-0.05, 0) is 24.0 Å². The number of halogens is 1. The van der Waals surface area contributed by atoms with Crippen LogP contribution >= 0.6 is 11.6 Å². The summed E-state index contributed by atoms with van der Waals surface area (Å²) in [5.74, 6) is -1.77. The Morgan fingerprint density at radius 3 is 2.69 bits per heavy atom. The number of rotatable bonds is 8.